The fraction of sp³-hybridized carbons (Fsp3) is 0.429. The Morgan fingerprint density at radius 3 is 2.29 bits per heavy atom. The first-order valence-electron chi connectivity index (χ1n) is 9.59. The van der Waals surface area contributed by atoms with Crippen molar-refractivity contribution in [2.24, 2.45) is 0 Å². The second-order valence-electron chi connectivity index (χ2n) is 6.77. The molecule has 1 aromatic carbocycles. The fourth-order valence-electron chi connectivity index (χ4n) is 3.50. The minimum Gasteiger partial charge on any atom is -0.356 e. The third kappa shape index (κ3) is 4.40. The molecule has 0 unspecified atom stereocenters. The van der Waals surface area contributed by atoms with E-state index in [9.17, 15) is 0 Å². The first-order chi connectivity index (χ1) is 13.0. The lowest BCUT2D eigenvalue weighted by molar-refractivity contribution is 0.725. The van der Waals surface area contributed by atoms with Crippen LogP contribution in [0.25, 0.3) is 16.9 Å². The summed E-state index contributed by atoms with van der Waals surface area (Å²) in [6.07, 6.45) is 5.13. The van der Waals surface area contributed by atoms with Crippen LogP contribution in [0.1, 0.15) is 45.0 Å². The van der Waals surface area contributed by atoms with Crippen LogP contribution in [0.2, 0.25) is 10.0 Å². The van der Waals surface area contributed by atoms with Gasteiger partial charge in [0, 0.05) is 29.9 Å². The lowest BCUT2D eigenvalue weighted by atomic mass is 10.1. The second kappa shape index (κ2) is 9.82. The highest BCUT2D eigenvalue weighted by Crippen LogP contribution is 2.34. The summed E-state index contributed by atoms with van der Waals surface area (Å²) in [5.74, 6) is 1.17. The van der Waals surface area contributed by atoms with Crippen LogP contribution in [0.4, 0.5) is 5.82 Å². The van der Waals surface area contributed by atoms with Gasteiger partial charge < -0.3 is 4.90 Å². The van der Waals surface area contributed by atoms with Crippen molar-refractivity contribution < 1.29 is 0 Å². The predicted octanol–water partition coefficient (Wildman–Crippen LogP) is 6.62. The molecule has 0 aliphatic heterocycles. The maximum atomic E-state index is 6.49. The van der Waals surface area contributed by atoms with E-state index < -0.39 is 0 Å². The highest BCUT2D eigenvalue weighted by atomic mass is 35.5. The first-order valence-corrected chi connectivity index (χ1v) is 10.3. The maximum Gasteiger partial charge on any atom is 0.165 e. The Morgan fingerprint density at radius 2 is 1.71 bits per heavy atom. The highest BCUT2D eigenvalue weighted by molar-refractivity contribution is 6.36. The molecule has 152 valence electrons. The van der Waals surface area contributed by atoms with Crippen molar-refractivity contribution in [2.45, 2.75) is 47.0 Å². The topological polar surface area (TPSA) is 33.4 Å². The van der Waals surface area contributed by atoms with Gasteiger partial charge in [0.05, 0.1) is 16.4 Å². The van der Waals surface area contributed by atoms with E-state index in [1.807, 2.05) is 19.1 Å². The van der Waals surface area contributed by atoms with E-state index in [1.54, 1.807) is 6.07 Å². The van der Waals surface area contributed by atoms with E-state index in [4.69, 9.17) is 33.2 Å². The van der Waals surface area contributed by atoms with Crippen LogP contribution in [0.3, 0.4) is 0 Å². The van der Waals surface area contributed by atoms with Crippen LogP contribution in [0, 0.1) is 6.92 Å². The predicted molar refractivity (Wildman–Crippen MR) is 123 cm³/mol. The molecule has 0 fully saturated rings. The normalized spacial score (nSPS) is 10.9. The van der Waals surface area contributed by atoms with Crippen molar-refractivity contribution in [3.8, 4) is 11.3 Å². The van der Waals surface area contributed by atoms with Crippen molar-refractivity contribution in [1.29, 1.82) is 0 Å². The molecule has 3 aromatic rings. The summed E-state index contributed by atoms with van der Waals surface area (Å²) in [7, 11) is 0. The summed E-state index contributed by atoms with van der Waals surface area (Å²) in [5.41, 5.74) is 4.51. The van der Waals surface area contributed by atoms with E-state index in [1.165, 1.54) is 5.82 Å². The van der Waals surface area contributed by atoms with Crippen molar-refractivity contribution >= 4 is 47.1 Å². The highest BCUT2D eigenvalue weighted by Gasteiger charge is 2.21. The zero-order valence-electron chi connectivity index (χ0n) is 16.8. The average molecular weight is 442 g/mol. The molecule has 0 bridgehead atoms. The Morgan fingerprint density at radius 1 is 1.04 bits per heavy atom. The summed E-state index contributed by atoms with van der Waals surface area (Å²) in [6.45, 7) is 10.6. The molecule has 2 aromatic heterocycles. The smallest absolute Gasteiger partial charge is 0.165 e. The summed E-state index contributed by atoms with van der Waals surface area (Å²) in [5, 5.41) is 1.20. The second-order valence-corrected chi connectivity index (χ2v) is 7.62. The third-order valence-electron chi connectivity index (χ3n) is 4.58. The number of fused-ring (bicyclic) bond motifs is 1. The van der Waals surface area contributed by atoms with Crippen LogP contribution < -0.4 is 4.90 Å². The van der Waals surface area contributed by atoms with Gasteiger partial charge in [-0.3, -0.25) is 4.40 Å². The Labute approximate surface area is 183 Å². The van der Waals surface area contributed by atoms with Crippen molar-refractivity contribution in [2.75, 3.05) is 18.0 Å². The Bertz CT molecular complexity index is 946. The van der Waals surface area contributed by atoms with Crippen LogP contribution in [-0.4, -0.2) is 27.5 Å². The molecular formula is C21H27Cl3N4. The molecule has 0 atom stereocenters. The number of halogens is 3. The summed E-state index contributed by atoms with van der Waals surface area (Å²) in [6, 6.07) is 5.51. The third-order valence-corrected chi connectivity index (χ3v) is 5.13. The molecule has 0 saturated heterocycles. The van der Waals surface area contributed by atoms with Gasteiger partial charge in [-0.15, -0.1) is 12.4 Å². The van der Waals surface area contributed by atoms with Crippen molar-refractivity contribution in [1.82, 2.24) is 14.4 Å². The average Bonchev–Trinajstić information content (AvgIpc) is 2.99. The molecule has 0 saturated carbocycles. The minimum atomic E-state index is 0. The standard InChI is InChI=1S/C21H26Cl2N4.ClH/c1-5-10-26(11-6-2)21-18(7-3)25-20-19(24-14(4)13-27(20)21)16-9-8-15(22)12-17(16)23;/h8-9,12-13H,5-7,10-11H2,1-4H3;1H. The molecular weight excluding hydrogens is 415 g/mol. The van der Waals surface area contributed by atoms with Gasteiger partial charge in [-0.25, -0.2) is 9.97 Å². The fourth-order valence-corrected chi connectivity index (χ4v) is 4.00. The molecule has 0 radical (unpaired) electrons. The van der Waals surface area contributed by atoms with Gasteiger partial charge in [0.2, 0.25) is 0 Å². The number of aryl methyl sites for hydroxylation is 2. The number of hydrogen-bond donors (Lipinski definition) is 0. The Hall–Kier alpha value is -1.49. The number of benzene rings is 1. The molecule has 0 N–H and O–H groups in total. The first kappa shape index (κ1) is 22.8. The summed E-state index contributed by atoms with van der Waals surface area (Å²) >= 11 is 12.6. The summed E-state index contributed by atoms with van der Waals surface area (Å²) in [4.78, 5) is 12.2. The van der Waals surface area contributed by atoms with Gasteiger partial charge in [-0.2, -0.15) is 0 Å². The van der Waals surface area contributed by atoms with Crippen LogP contribution in [0.5, 0.6) is 0 Å². The van der Waals surface area contributed by atoms with Crippen LogP contribution in [-0.2, 0) is 6.42 Å². The van der Waals surface area contributed by atoms with Gasteiger partial charge >= 0.3 is 0 Å². The molecule has 0 spiro atoms. The summed E-state index contributed by atoms with van der Waals surface area (Å²) < 4.78 is 2.19. The largest absolute Gasteiger partial charge is 0.356 e. The van der Waals surface area contributed by atoms with Gasteiger partial charge in [-0.1, -0.05) is 44.0 Å². The molecule has 4 nitrogen and oxygen atoms in total. The van der Waals surface area contributed by atoms with Crippen LogP contribution >= 0.6 is 35.6 Å². The number of hydrogen-bond acceptors (Lipinski definition) is 3. The molecule has 28 heavy (non-hydrogen) atoms. The van der Waals surface area contributed by atoms with Gasteiger partial charge in [0.25, 0.3) is 0 Å². The van der Waals surface area contributed by atoms with E-state index in [-0.39, 0.29) is 12.4 Å². The zero-order chi connectivity index (χ0) is 19.6. The number of aromatic nitrogens is 3. The monoisotopic (exact) mass is 440 g/mol. The molecule has 0 aliphatic rings. The number of imidazole rings is 1. The van der Waals surface area contributed by atoms with Crippen molar-refractivity contribution in [3.63, 3.8) is 0 Å². The number of rotatable bonds is 7. The number of nitrogens with zero attached hydrogens (tertiary/aromatic N) is 4. The van der Waals surface area contributed by atoms with E-state index in [2.05, 4.69) is 36.3 Å². The Kier molecular flexibility index (Phi) is 7.99. The lowest BCUT2D eigenvalue weighted by Gasteiger charge is -2.24. The van der Waals surface area contributed by atoms with Gasteiger partial charge in [-0.05, 0) is 44.4 Å². The van der Waals surface area contributed by atoms with Crippen molar-refractivity contribution in [3.05, 3.63) is 45.8 Å². The van der Waals surface area contributed by atoms with Crippen LogP contribution in [0.15, 0.2) is 24.4 Å². The molecule has 0 aliphatic carbocycles. The lowest BCUT2D eigenvalue weighted by Crippen LogP contribution is -2.27. The number of anilines is 1. The SMILES string of the molecule is CCCN(CCC)c1c(CC)nc2c(-c3ccc(Cl)cc3Cl)nc(C)cn12.Cl. The minimum absolute atomic E-state index is 0. The molecule has 0 amide bonds. The van der Waals surface area contributed by atoms with E-state index in [0.717, 1.165) is 60.6 Å². The quantitative estimate of drug-likeness (QED) is 0.413. The zero-order valence-corrected chi connectivity index (χ0v) is 19.1. The van der Waals surface area contributed by atoms with Gasteiger partial charge in [0.1, 0.15) is 11.5 Å². The Balaban J connectivity index is 0.00000280. The van der Waals surface area contributed by atoms with E-state index >= 15 is 0 Å². The molecule has 7 heteroatoms. The molecule has 2 heterocycles. The van der Waals surface area contributed by atoms with Gasteiger partial charge in [0.15, 0.2) is 5.65 Å². The van der Waals surface area contributed by atoms with E-state index in [0.29, 0.717) is 10.0 Å². The maximum absolute atomic E-state index is 6.49. The molecule has 3 rings (SSSR count).